The Morgan fingerprint density at radius 2 is 0.469 bits per heavy atom. The first-order chi connectivity index (χ1) is 59.6. The van der Waals surface area contributed by atoms with Gasteiger partial charge in [-0.15, -0.1) is 179 Å². The van der Waals surface area contributed by atoms with Gasteiger partial charge in [0, 0.05) is 73.2 Å². The van der Waals surface area contributed by atoms with Gasteiger partial charge in [0.25, 0.3) is 0 Å². The largest absolute Gasteiger partial charge is 3.00 e. The van der Waals surface area contributed by atoms with Crippen LogP contribution in [0.5, 0.6) is 34.5 Å². The van der Waals surface area contributed by atoms with Gasteiger partial charge in [0.05, 0.1) is 54.1 Å². The summed E-state index contributed by atoms with van der Waals surface area (Å²) in [7, 11) is 0. The molecule has 128 heavy (non-hydrogen) atoms. The topological polar surface area (TPSA) is 350 Å². The summed E-state index contributed by atoms with van der Waals surface area (Å²) in [6.45, 7) is 20.9. The molecule has 0 saturated heterocycles. The maximum Gasteiger partial charge on any atom is 3.00 e. The van der Waals surface area contributed by atoms with Gasteiger partial charge in [0.15, 0.2) is 0 Å². The van der Waals surface area contributed by atoms with Crippen molar-refractivity contribution in [1.82, 2.24) is 45.9 Å². The van der Waals surface area contributed by atoms with E-state index in [4.69, 9.17) is 42.6 Å². The van der Waals surface area contributed by atoms with E-state index in [1.165, 1.54) is 0 Å². The Balaban J connectivity index is 0.000000519. The molecule has 0 unspecified atom stereocenters. The Morgan fingerprint density at radius 1 is 0.289 bits per heavy atom. The summed E-state index contributed by atoms with van der Waals surface area (Å²) in [5, 5.41) is 7.47. The maximum absolute atomic E-state index is 11.7. The van der Waals surface area contributed by atoms with Gasteiger partial charge in [0.1, 0.15) is 19.8 Å². The van der Waals surface area contributed by atoms with Crippen molar-refractivity contribution in [2.24, 2.45) is 0 Å². The van der Waals surface area contributed by atoms with Crippen molar-refractivity contribution in [2.45, 2.75) is 83.1 Å². The Bertz CT molecular complexity index is 4920. The molecule has 0 atom stereocenters. The monoisotopic (exact) mass is 2090 g/mol. The number of esters is 6. The van der Waals surface area contributed by atoms with Crippen molar-refractivity contribution >= 4 is 54.1 Å². The van der Waals surface area contributed by atoms with Crippen LogP contribution in [0.4, 0.5) is 14.4 Å². The minimum atomic E-state index is -0.639. The van der Waals surface area contributed by atoms with Gasteiger partial charge in [-0.25, -0.2) is 28.8 Å². The first-order valence-electron chi connectivity index (χ1n) is 38.1. The van der Waals surface area contributed by atoms with Crippen LogP contribution in [0.2, 0.25) is 0 Å². The van der Waals surface area contributed by atoms with E-state index in [1.807, 2.05) is 109 Å². The van der Waals surface area contributed by atoms with Crippen molar-refractivity contribution in [2.75, 3.05) is 39.5 Å². The number of carbonyl (C=O) groups is 9. The standard InChI is InChI=1S/3C18H17N2O4.3C14H12NO2.3CH4.2Ir/c3*1-13(2)17(21)23-11-10-20-18(22)24-15-7-5-6-14(12-15)16-8-3-4-9-19-16;3*1-2-14(16)17-12-7-5-6-11(10-12)13-8-3-4-9-15-13;;;;;/h3*3-5,7-9,12H,1,10-11H2,2H3,(H,20,22);3*3-5,7-10H,2H2,1H3;3*1H4;;/q6*-1;;;;2*+3. The third-order valence-corrected chi connectivity index (χ3v) is 15.3. The number of aromatic nitrogens is 6. The number of carbonyl (C=O) groups excluding carboxylic acids is 9. The molecule has 0 radical (unpaired) electrons. The average molecular weight is 2090 g/mol. The molecule has 0 aliphatic rings. The molecule has 0 saturated carbocycles. The van der Waals surface area contributed by atoms with Crippen molar-refractivity contribution in [3.8, 4) is 102 Å². The number of ether oxygens (including phenoxy) is 9. The maximum atomic E-state index is 11.7. The van der Waals surface area contributed by atoms with Crippen LogP contribution in [-0.4, -0.2) is 123 Å². The second-order valence-electron chi connectivity index (χ2n) is 25.1. The normalized spacial score (nSPS) is 9.52. The molecule has 666 valence electrons. The molecule has 0 fully saturated rings. The third kappa shape index (κ3) is 41.7. The van der Waals surface area contributed by atoms with Gasteiger partial charge < -0.3 is 88.5 Å². The Kier molecular flexibility index (Phi) is 52.7. The number of pyridine rings is 6. The summed E-state index contributed by atoms with van der Waals surface area (Å²) in [5.41, 5.74) is 10.1. The summed E-state index contributed by atoms with van der Waals surface area (Å²) in [4.78, 5) is 128. The predicted molar refractivity (Wildman–Crippen MR) is 478 cm³/mol. The molecule has 3 amide bonds. The van der Waals surface area contributed by atoms with Crippen LogP contribution < -0.4 is 44.4 Å². The zero-order chi connectivity index (χ0) is 88.4. The fraction of sp³-hybridized carbons (Fsp3) is 0.182. The quantitative estimate of drug-likeness (QED) is 0.0107. The van der Waals surface area contributed by atoms with Gasteiger partial charge >= 0.3 is 94.3 Å². The van der Waals surface area contributed by atoms with E-state index in [0.717, 1.165) is 67.5 Å². The van der Waals surface area contributed by atoms with Gasteiger partial charge in [-0.2, -0.15) is 0 Å². The fourth-order valence-corrected chi connectivity index (χ4v) is 9.37. The molecule has 0 aliphatic carbocycles. The molecular weight excluding hydrogens is 1990 g/mol. The van der Waals surface area contributed by atoms with E-state index in [0.29, 0.717) is 70.5 Å². The first kappa shape index (κ1) is 109. The van der Waals surface area contributed by atoms with Crippen molar-refractivity contribution < 1.29 is 126 Å². The van der Waals surface area contributed by atoms with E-state index in [2.05, 4.69) is 102 Å². The molecule has 6 heterocycles. The number of hydrogen-bond donors (Lipinski definition) is 3. The number of hydrogen-bond acceptors (Lipinski definition) is 24. The van der Waals surface area contributed by atoms with Gasteiger partial charge in [-0.05, 0) is 91.3 Å². The third-order valence-electron chi connectivity index (χ3n) is 15.3. The fourth-order valence-electron chi connectivity index (χ4n) is 9.37. The molecule has 6 aromatic heterocycles. The van der Waals surface area contributed by atoms with Crippen molar-refractivity contribution in [3.05, 3.63) is 328 Å². The average Bonchev–Trinajstić information content (AvgIpc) is 0.884. The zero-order valence-corrected chi connectivity index (χ0v) is 73.7. The summed E-state index contributed by atoms with van der Waals surface area (Å²) in [5.74, 6) is 0.442. The van der Waals surface area contributed by atoms with Crippen molar-refractivity contribution in [1.29, 1.82) is 0 Å². The Morgan fingerprint density at radius 3 is 0.625 bits per heavy atom. The zero-order valence-electron chi connectivity index (χ0n) is 68.9. The number of benzene rings is 6. The minimum absolute atomic E-state index is 0. The Labute approximate surface area is 773 Å². The molecule has 29 heteroatoms. The predicted octanol–water partition coefficient (Wildman–Crippen LogP) is 18.8. The molecule has 3 N–H and O–H groups in total. The van der Waals surface area contributed by atoms with Crippen LogP contribution in [0.15, 0.2) is 292 Å². The van der Waals surface area contributed by atoms with E-state index in [1.54, 1.807) is 188 Å². The first-order valence-corrected chi connectivity index (χ1v) is 38.1. The van der Waals surface area contributed by atoms with E-state index in [-0.39, 0.29) is 120 Å². The second-order valence-corrected chi connectivity index (χ2v) is 25.1. The second kappa shape index (κ2) is 61.6. The van der Waals surface area contributed by atoms with Crippen LogP contribution in [0, 0.1) is 36.4 Å². The number of nitrogens with zero attached hydrogens (tertiary/aromatic N) is 6. The molecule has 0 bridgehead atoms. The number of amides is 3. The molecule has 6 aromatic carbocycles. The van der Waals surface area contributed by atoms with Crippen LogP contribution >= 0.6 is 0 Å². The summed E-state index contributed by atoms with van der Waals surface area (Å²) < 4.78 is 45.5. The molecule has 12 rings (SSSR count). The van der Waals surface area contributed by atoms with Gasteiger partial charge in [0.2, 0.25) is 0 Å². The molecule has 12 aromatic rings. The van der Waals surface area contributed by atoms with E-state index in [9.17, 15) is 43.2 Å². The number of nitrogens with one attached hydrogen (secondary N) is 3. The Hall–Kier alpha value is -14.6. The molecular formula is C99H99Ir2N9O18. The molecule has 0 aliphatic heterocycles. The van der Waals surface area contributed by atoms with Crippen LogP contribution in [0.1, 0.15) is 83.1 Å². The SMILES string of the molecule is C.C.C.C=C(C)C(=O)OCCNC(=O)Oc1cc[c-]c(-c2ccccn2)c1.C=C(C)C(=O)OCCNC(=O)Oc1cc[c-]c(-c2ccccn2)c1.C=C(C)C(=O)OCCNC(=O)Oc1cc[c-]c(-c2ccccn2)c1.CCC(=O)Oc1cc[c-]c(-c2ccccn2)c1.CCC(=O)Oc1cc[c-]c(-c2ccccn2)c1.CCC(=O)Oc1cc[c-]c(-c2ccccn2)c1.[Ir+3].[Ir+3]. The summed E-state index contributed by atoms with van der Waals surface area (Å²) >= 11 is 0. The van der Waals surface area contributed by atoms with Gasteiger partial charge in [-0.3, -0.25) is 14.4 Å². The molecule has 0 spiro atoms. The van der Waals surface area contributed by atoms with Crippen LogP contribution in [-0.2, 0) is 83.2 Å². The van der Waals surface area contributed by atoms with Crippen LogP contribution in [0.25, 0.3) is 67.5 Å². The van der Waals surface area contributed by atoms with Crippen molar-refractivity contribution in [3.63, 3.8) is 0 Å². The number of rotatable bonds is 27. The van der Waals surface area contributed by atoms with Gasteiger partial charge in [-0.1, -0.05) is 136 Å². The van der Waals surface area contributed by atoms with Crippen LogP contribution in [0.3, 0.4) is 0 Å². The minimum Gasteiger partial charge on any atom is -0.460 e. The van der Waals surface area contributed by atoms with E-state index >= 15 is 0 Å². The summed E-state index contributed by atoms with van der Waals surface area (Å²) in [6, 6.07) is 82.2. The molecule has 27 nitrogen and oxygen atoms in total. The smallest absolute Gasteiger partial charge is 0.460 e. The summed E-state index contributed by atoms with van der Waals surface area (Å²) in [6.07, 6.45) is 9.34. The van der Waals surface area contributed by atoms with E-state index < -0.39 is 36.2 Å².